The van der Waals surface area contributed by atoms with E-state index >= 15 is 0 Å². The first-order chi connectivity index (χ1) is 7.74. The maximum Gasteiger partial charge on any atom is -0.0407 e. The molecular weight excluding hydrogens is 204 g/mol. The third-order valence-electron chi connectivity index (χ3n) is 3.94. The van der Waals surface area contributed by atoms with E-state index in [1.807, 2.05) is 27.7 Å². The summed E-state index contributed by atoms with van der Waals surface area (Å²) >= 11 is 0. The molecule has 106 valence electrons. The van der Waals surface area contributed by atoms with Crippen LogP contribution in [0.2, 0.25) is 0 Å². The van der Waals surface area contributed by atoms with Crippen LogP contribution >= 0.6 is 0 Å². The molecule has 0 aromatic rings. The van der Waals surface area contributed by atoms with Crippen LogP contribution in [0.4, 0.5) is 0 Å². The van der Waals surface area contributed by atoms with Gasteiger partial charge in [-0.05, 0) is 49.4 Å². The summed E-state index contributed by atoms with van der Waals surface area (Å²) in [5.41, 5.74) is 0. The lowest BCUT2D eigenvalue weighted by molar-refractivity contribution is 0.206. The highest BCUT2D eigenvalue weighted by Crippen LogP contribution is 2.42. The molecule has 0 saturated heterocycles. The van der Waals surface area contributed by atoms with Crippen LogP contribution in [0.1, 0.15) is 87.5 Å². The Morgan fingerprint density at radius 2 is 1.06 bits per heavy atom. The predicted molar refractivity (Wildman–Crippen MR) is 82.4 cm³/mol. The van der Waals surface area contributed by atoms with E-state index in [2.05, 4.69) is 13.8 Å². The Hall–Kier alpha value is 0. The summed E-state index contributed by atoms with van der Waals surface area (Å²) in [4.78, 5) is 0. The Morgan fingerprint density at radius 3 is 1.65 bits per heavy atom. The standard InChI is InChI=1S/C12H22.2C2H6.CH4/c1-9-3-4-11-6-10(2)7-12(5-9)8-11;2*1-2;/h9-12H,3-8H2,1-2H3;2*1-2H3;1H4. The third kappa shape index (κ3) is 7.11. The molecule has 2 rings (SSSR count). The van der Waals surface area contributed by atoms with Gasteiger partial charge in [0.2, 0.25) is 0 Å². The summed E-state index contributed by atoms with van der Waals surface area (Å²) in [6, 6.07) is 0. The fourth-order valence-electron chi connectivity index (χ4n) is 3.53. The highest BCUT2D eigenvalue weighted by Gasteiger charge is 2.30. The molecule has 2 saturated carbocycles. The maximum atomic E-state index is 2.45. The van der Waals surface area contributed by atoms with E-state index in [1.165, 1.54) is 32.1 Å². The lowest BCUT2D eigenvalue weighted by Gasteiger charge is -2.31. The fourth-order valence-corrected chi connectivity index (χ4v) is 3.53. The second kappa shape index (κ2) is 11.1. The van der Waals surface area contributed by atoms with Crippen molar-refractivity contribution in [2.45, 2.75) is 87.5 Å². The largest absolute Gasteiger partial charge is 0.0776 e. The Labute approximate surface area is 112 Å². The Morgan fingerprint density at radius 1 is 0.588 bits per heavy atom. The van der Waals surface area contributed by atoms with E-state index in [-0.39, 0.29) is 7.43 Å². The predicted octanol–water partition coefficient (Wildman–Crippen LogP) is 6.55. The minimum absolute atomic E-state index is 0. The van der Waals surface area contributed by atoms with E-state index in [9.17, 15) is 0 Å². The molecule has 0 spiro atoms. The van der Waals surface area contributed by atoms with Crippen molar-refractivity contribution in [2.75, 3.05) is 0 Å². The molecule has 0 nitrogen and oxygen atoms in total. The summed E-state index contributed by atoms with van der Waals surface area (Å²) in [5, 5.41) is 0. The molecule has 17 heavy (non-hydrogen) atoms. The van der Waals surface area contributed by atoms with Crippen LogP contribution < -0.4 is 0 Å². The topological polar surface area (TPSA) is 0 Å². The molecule has 0 aromatic heterocycles. The quantitative estimate of drug-likeness (QED) is 0.452. The van der Waals surface area contributed by atoms with E-state index in [0.29, 0.717) is 0 Å². The lowest BCUT2D eigenvalue weighted by Crippen LogP contribution is -2.19. The average molecular weight is 242 g/mol. The van der Waals surface area contributed by atoms with Gasteiger partial charge in [-0.2, -0.15) is 0 Å². The first-order valence-electron chi connectivity index (χ1n) is 7.74. The van der Waals surface area contributed by atoms with Crippen LogP contribution in [0, 0.1) is 23.7 Å². The molecule has 0 radical (unpaired) electrons. The number of rotatable bonds is 0. The zero-order chi connectivity index (χ0) is 12.6. The number of fused-ring (bicyclic) bond motifs is 2. The van der Waals surface area contributed by atoms with Crippen molar-refractivity contribution < 1.29 is 0 Å². The van der Waals surface area contributed by atoms with Crippen LogP contribution in [0.15, 0.2) is 0 Å². The molecular formula is C17H38. The van der Waals surface area contributed by atoms with Crippen LogP contribution in [0.5, 0.6) is 0 Å². The highest BCUT2D eigenvalue weighted by atomic mass is 14.4. The van der Waals surface area contributed by atoms with Gasteiger partial charge in [-0.15, -0.1) is 0 Å². The second-order valence-electron chi connectivity index (χ2n) is 5.46. The molecule has 0 N–H and O–H groups in total. The van der Waals surface area contributed by atoms with Gasteiger partial charge in [0.15, 0.2) is 0 Å². The molecule has 4 unspecified atom stereocenters. The van der Waals surface area contributed by atoms with Gasteiger partial charge < -0.3 is 0 Å². The van der Waals surface area contributed by atoms with Crippen LogP contribution in [0.3, 0.4) is 0 Å². The molecule has 2 aliphatic carbocycles. The monoisotopic (exact) mass is 242 g/mol. The summed E-state index contributed by atoms with van der Waals surface area (Å²) in [6.07, 6.45) is 9.19. The molecule has 2 aliphatic rings. The number of hydrogen-bond donors (Lipinski definition) is 0. The summed E-state index contributed by atoms with van der Waals surface area (Å²) in [6.45, 7) is 12.9. The maximum absolute atomic E-state index is 2.45. The van der Waals surface area contributed by atoms with E-state index in [0.717, 1.165) is 23.7 Å². The first kappa shape index (κ1) is 19.3. The van der Waals surface area contributed by atoms with Crippen molar-refractivity contribution in [3.05, 3.63) is 0 Å². The lowest BCUT2D eigenvalue weighted by atomic mass is 9.75. The molecule has 4 atom stereocenters. The van der Waals surface area contributed by atoms with Crippen molar-refractivity contribution in [2.24, 2.45) is 23.7 Å². The summed E-state index contributed by atoms with van der Waals surface area (Å²) in [7, 11) is 0. The molecule has 2 fully saturated rings. The molecule has 0 heteroatoms. The van der Waals surface area contributed by atoms with Crippen molar-refractivity contribution in [3.63, 3.8) is 0 Å². The van der Waals surface area contributed by atoms with Gasteiger partial charge in [0.1, 0.15) is 0 Å². The average Bonchev–Trinajstić information content (AvgIpc) is 2.43. The number of hydrogen-bond acceptors (Lipinski definition) is 0. The van der Waals surface area contributed by atoms with Gasteiger partial charge in [0, 0.05) is 0 Å². The van der Waals surface area contributed by atoms with E-state index < -0.39 is 0 Å². The zero-order valence-electron chi connectivity index (χ0n) is 12.6. The molecule has 0 heterocycles. The fraction of sp³-hybridized carbons (Fsp3) is 1.00. The highest BCUT2D eigenvalue weighted by molar-refractivity contribution is 4.81. The van der Waals surface area contributed by atoms with Crippen molar-refractivity contribution in [1.82, 2.24) is 0 Å². The van der Waals surface area contributed by atoms with Crippen molar-refractivity contribution in [3.8, 4) is 0 Å². The van der Waals surface area contributed by atoms with Gasteiger partial charge in [0.25, 0.3) is 0 Å². The molecule has 0 aliphatic heterocycles. The van der Waals surface area contributed by atoms with Crippen LogP contribution in [-0.2, 0) is 0 Å². The van der Waals surface area contributed by atoms with Gasteiger partial charge in [-0.3, -0.25) is 0 Å². The zero-order valence-corrected chi connectivity index (χ0v) is 12.6. The van der Waals surface area contributed by atoms with Gasteiger partial charge in [-0.1, -0.05) is 61.8 Å². The van der Waals surface area contributed by atoms with Gasteiger partial charge >= 0.3 is 0 Å². The summed E-state index contributed by atoms with van der Waals surface area (Å²) in [5.74, 6) is 4.24. The Bertz CT molecular complexity index is 148. The van der Waals surface area contributed by atoms with Crippen LogP contribution in [0.25, 0.3) is 0 Å². The van der Waals surface area contributed by atoms with Gasteiger partial charge in [0.05, 0.1) is 0 Å². The summed E-state index contributed by atoms with van der Waals surface area (Å²) < 4.78 is 0. The van der Waals surface area contributed by atoms with Crippen molar-refractivity contribution >= 4 is 0 Å². The first-order valence-corrected chi connectivity index (χ1v) is 7.74. The van der Waals surface area contributed by atoms with Gasteiger partial charge in [-0.25, -0.2) is 0 Å². The van der Waals surface area contributed by atoms with E-state index in [4.69, 9.17) is 0 Å². The van der Waals surface area contributed by atoms with Crippen molar-refractivity contribution in [1.29, 1.82) is 0 Å². The Kier molecular flexibility index (Phi) is 12.6. The SMILES string of the molecule is C.CC.CC.CC1CCC2CC(C)CC(C1)C2. The minimum Gasteiger partial charge on any atom is -0.0776 e. The molecule has 2 bridgehead atoms. The third-order valence-corrected chi connectivity index (χ3v) is 3.94. The smallest absolute Gasteiger partial charge is 0.0407 e. The second-order valence-corrected chi connectivity index (χ2v) is 5.46. The Balaban J connectivity index is 0. The minimum atomic E-state index is 0. The van der Waals surface area contributed by atoms with E-state index in [1.54, 1.807) is 6.42 Å². The molecule has 0 amide bonds. The molecule has 0 aromatic carbocycles. The van der Waals surface area contributed by atoms with Crippen LogP contribution in [-0.4, -0.2) is 0 Å². The normalized spacial score (nSPS) is 34.9.